The topological polar surface area (TPSA) is 68.0 Å². The molecule has 2 aliphatic carbocycles. The van der Waals surface area contributed by atoms with Gasteiger partial charge in [0, 0.05) is 18.0 Å². The molecule has 1 spiro atoms. The smallest absolute Gasteiger partial charge is 0.330 e. The number of ether oxygens (including phenoxy) is 1. The van der Waals surface area contributed by atoms with Crippen LogP contribution in [0.1, 0.15) is 31.9 Å². The van der Waals surface area contributed by atoms with Gasteiger partial charge in [-0.1, -0.05) is 26.0 Å². The molecular weight excluding hydrogens is 356 g/mol. The average molecular weight is 376 g/mol. The first-order valence-corrected chi connectivity index (χ1v) is 9.28. The van der Waals surface area contributed by atoms with E-state index in [4.69, 9.17) is 11.3 Å². The number of carbonyl (C=O) groups excluding carboxylic acids is 3. The van der Waals surface area contributed by atoms with Crippen LogP contribution in [0.5, 0.6) is 0 Å². The number of likely N-dealkylation sites (N-methyl/N-ethyl adjacent to an activating group) is 1. The van der Waals surface area contributed by atoms with Crippen LogP contribution in [0.25, 0.3) is 4.85 Å². The van der Waals surface area contributed by atoms with Crippen molar-refractivity contribution in [2.45, 2.75) is 38.0 Å². The number of carbonyl (C=O) groups is 3. The Balaban J connectivity index is 2.08. The Hall–Kier alpha value is -2.78. The van der Waals surface area contributed by atoms with Crippen molar-refractivity contribution in [3.8, 4) is 0 Å². The molecule has 1 aromatic carbocycles. The highest BCUT2D eigenvalue weighted by Crippen LogP contribution is 2.71. The minimum Gasteiger partial charge on any atom is -0.348 e. The lowest BCUT2D eigenvalue weighted by molar-refractivity contribution is -0.166. The standard InChI is InChI=1S/C22H20N2O4/c1-7-20(4)17(26)15-14-16(25)21(20,23-5)11-9-8-10-12-13(11)22(28-15,19(14,2)3)18(27)24(12)6/h7-10,14-15H,1H2,2-4,6H3/t14-,15+,20+,21+,22-/m0/s1. The van der Waals surface area contributed by atoms with E-state index in [-0.39, 0.29) is 17.5 Å². The van der Waals surface area contributed by atoms with Gasteiger partial charge in [0.25, 0.3) is 5.91 Å². The predicted octanol–water partition coefficient (Wildman–Crippen LogP) is 2.37. The van der Waals surface area contributed by atoms with Gasteiger partial charge in [0.2, 0.25) is 5.78 Å². The number of ketones is 2. The normalized spacial score (nSPS) is 41.7. The number of fused-ring (bicyclic) bond motifs is 2. The van der Waals surface area contributed by atoms with Gasteiger partial charge >= 0.3 is 5.54 Å². The molecule has 6 heteroatoms. The molecule has 28 heavy (non-hydrogen) atoms. The predicted molar refractivity (Wildman–Crippen MR) is 100 cm³/mol. The van der Waals surface area contributed by atoms with Crippen molar-refractivity contribution in [2.24, 2.45) is 16.7 Å². The molecular formula is C22H20N2O4. The Morgan fingerprint density at radius 3 is 2.50 bits per heavy atom. The van der Waals surface area contributed by atoms with E-state index in [1.165, 1.54) is 11.0 Å². The number of amides is 1. The number of hydrogen-bond acceptors (Lipinski definition) is 4. The first-order chi connectivity index (χ1) is 13.1. The van der Waals surface area contributed by atoms with Crippen LogP contribution >= 0.6 is 0 Å². The molecule has 5 atom stereocenters. The Bertz CT molecular complexity index is 1080. The monoisotopic (exact) mass is 376 g/mol. The van der Waals surface area contributed by atoms with E-state index >= 15 is 0 Å². The molecule has 0 unspecified atom stereocenters. The first-order valence-electron chi connectivity index (χ1n) is 9.28. The molecule has 1 saturated heterocycles. The second kappa shape index (κ2) is 4.44. The van der Waals surface area contributed by atoms with Gasteiger partial charge in [0.05, 0.1) is 17.2 Å². The maximum absolute atomic E-state index is 14.0. The highest BCUT2D eigenvalue weighted by Gasteiger charge is 2.85. The zero-order valence-corrected chi connectivity index (χ0v) is 16.2. The summed E-state index contributed by atoms with van der Waals surface area (Å²) in [4.78, 5) is 46.5. The molecule has 1 saturated carbocycles. The number of hydrogen-bond donors (Lipinski definition) is 0. The van der Waals surface area contributed by atoms with Crippen molar-refractivity contribution < 1.29 is 19.1 Å². The molecule has 0 radical (unpaired) electrons. The fraction of sp³-hybridized carbons (Fsp3) is 0.455. The van der Waals surface area contributed by atoms with Gasteiger partial charge in [-0.2, -0.15) is 0 Å². The molecule has 2 fully saturated rings. The minimum atomic E-state index is -1.76. The minimum absolute atomic E-state index is 0.295. The average Bonchev–Trinajstić information content (AvgIpc) is 3.03. The summed E-state index contributed by atoms with van der Waals surface area (Å²) < 4.78 is 6.32. The Kier molecular flexibility index (Phi) is 2.75. The largest absolute Gasteiger partial charge is 0.348 e. The number of rotatable bonds is 1. The van der Waals surface area contributed by atoms with Crippen molar-refractivity contribution in [2.75, 3.05) is 11.9 Å². The van der Waals surface area contributed by atoms with Gasteiger partial charge in [0.15, 0.2) is 11.4 Å². The molecule has 4 aliphatic rings. The summed E-state index contributed by atoms with van der Waals surface area (Å²) in [6.07, 6.45) is 0.334. The van der Waals surface area contributed by atoms with Gasteiger partial charge in [0.1, 0.15) is 11.5 Å². The highest BCUT2D eigenvalue weighted by atomic mass is 16.5. The van der Waals surface area contributed by atoms with Gasteiger partial charge in [-0.05, 0) is 19.1 Å². The second-order valence-electron chi connectivity index (χ2n) is 8.94. The van der Waals surface area contributed by atoms with Crippen LogP contribution in [0.4, 0.5) is 5.69 Å². The SMILES string of the molecule is [C-]#[N+][C@@]12C(=O)[C@@H]3[C@@H](O[C@@]4(C(=O)N(C)c5cccc1c54)C3(C)C)C(=O)[C@@]2(C)C=C. The summed E-state index contributed by atoms with van der Waals surface area (Å²) >= 11 is 0. The van der Waals surface area contributed by atoms with Crippen LogP contribution in [-0.2, 0) is 30.3 Å². The van der Waals surface area contributed by atoms with Gasteiger partial charge in [-0.3, -0.25) is 19.2 Å². The summed E-state index contributed by atoms with van der Waals surface area (Å²) in [7, 11) is 1.66. The maximum atomic E-state index is 14.0. The number of anilines is 1. The number of nitrogens with zero attached hydrogens (tertiary/aromatic N) is 2. The fourth-order valence-electron chi connectivity index (χ4n) is 6.18. The molecule has 6 nitrogen and oxygen atoms in total. The highest BCUT2D eigenvalue weighted by molar-refractivity contribution is 6.17. The third kappa shape index (κ3) is 1.24. The first kappa shape index (κ1) is 17.3. The number of benzene rings is 1. The van der Waals surface area contributed by atoms with Crippen LogP contribution in [0, 0.1) is 23.3 Å². The molecule has 2 heterocycles. The third-order valence-corrected chi connectivity index (χ3v) is 7.78. The zero-order chi connectivity index (χ0) is 20.4. The van der Waals surface area contributed by atoms with Gasteiger partial charge in [-0.25, -0.2) is 6.57 Å². The molecule has 2 aliphatic heterocycles. The summed E-state index contributed by atoms with van der Waals surface area (Å²) in [5, 5.41) is 0. The molecule has 0 aromatic heterocycles. The van der Waals surface area contributed by atoms with Crippen molar-refractivity contribution in [3.63, 3.8) is 0 Å². The lowest BCUT2D eigenvalue weighted by atomic mass is 9.53. The Labute approximate surface area is 163 Å². The van der Waals surface area contributed by atoms with Crippen molar-refractivity contribution in [1.82, 2.24) is 0 Å². The maximum Gasteiger partial charge on any atom is 0.330 e. The summed E-state index contributed by atoms with van der Waals surface area (Å²) in [5.41, 5.74) is -4.06. The van der Waals surface area contributed by atoms with Crippen molar-refractivity contribution in [1.29, 1.82) is 0 Å². The van der Waals surface area contributed by atoms with E-state index in [9.17, 15) is 14.4 Å². The molecule has 1 aromatic rings. The molecule has 0 N–H and O–H groups in total. The lowest BCUT2D eigenvalue weighted by Gasteiger charge is -2.44. The van der Waals surface area contributed by atoms with E-state index in [2.05, 4.69) is 11.4 Å². The third-order valence-electron chi connectivity index (χ3n) is 7.78. The molecule has 3 bridgehead atoms. The summed E-state index contributed by atoms with van der Waals surface area (Å²) in [6.45, 7) is 17.1. The Morgan fingerprint density at radius 1 is 1.21 bits per heavy atom. The molecule has 142 valence electrons. The lowest BCUT2D eigenvalue weighted by Crippen LogP contribution is -2.64. The molecule has 1 amide bonds. The van der Waals surface area contributed by atoms with E-state index in [0.717, 1.165) is 0 Å². The second-order valence-corrected chi connectivity index (χ2v) is 8.94. The summed E-state index contributed by atoms with van der Waals surface area (Å²) in [6, 6.07) is 5.22. The van der Waals surface area contributed by atoms with Crippen LogP contribution in [0.3, 0.4) is 0 Å². The number of Topliss-reactive ketones (excluding diaryl/α,β-unsaturated/α-hetero) is 2. The Morgan fingerprint density at radius 2 is 1.89 bits per heavy atom. The van der Waals surface area contributed by atoms with E-state index < -0.39 is 34.0 Å². The van der Waals surface area contributed by atoms with E-state index in [1.807, 2.05) is 0 Å². The van der Waals surface area contributed by atoms with Crippen LogP contribution in [0.2, 0.25) is 0 Å². The summed E-state index contributed by atoms with van der Waals surface area (Å²) in [5.74, 6) is -1.88. The van der Waals surface area contributed by atoms with Gasteiger partial charge < -0.3 is 9.64 Å². The fourth-order valence-corrected chi connectivity index (χ4v) is 6.18. The van der Waals surface area contributed by atoms with Crippen LogP contribution in [0.15, 0.2) is 30.9 Å². The van der Waals surface area contributed by atoms with E-state index in [1.54, 1.807) is 46.0 Å². The quantitative estimate of drug-likeness (QED) is 0.557. The molecule has 5 rings (SSSR count). The van der Waals surface area contributed by atoms with Crippen LogP contribution < -0.4 is 4.90 Å². The van der Waals surface area contributed by atoms with Gasteiger partial charge in [-0.15, -0.1) is 6.58 Å². The zero-order valence-electron chi connectivity index (χ0n) is 16.2. The van der Waals surface area contributed by atoms with E-state index in [0.29, 0.717) is 16.8 Å². The van der Waals surface area contributed by atoms with Crippen molar-refractivity contribution in [3.05, 3.63) is 53.4 Å². The van der Waals surface area contributed by atoms with Crippen LogP contribution in [-0.4, -0.2) is 30.6 Å². The van der Waals surface area contributed by atoms with Crippen molar-refractivity contribution >= 4 is 23.2 Å².